The molecule has 0 radical (unpaired) electrons. The molecule has 4 aromatic rings. The molecular weight excluding hydrogens is 392 g/mol. The third kappa shape index (κ3) is 2.93. The van der Waals surface area contributed by atoms with Crippen LogP contribution in [0.2, 0.25) is 0 Å². The summed E-state index contributed by atoms with van der Waals surface area (Å²) in [5.41, 5.74) is 1.64. The van der Waals surface area contributed by atoms with Gasteiger partial charge >= 0.3 is 5.63 Å². The minimum absolute atomic E-state index is 0.0440. The van der Waals surface area contributed by atoms with Crippen LogP contribution in [0.25, 0.3) is 21.7 Å². The topological polar surface area (TPSA) is 103 Å². The molecule has 0 saturated carbocycles. The summed E-state index contributed by atoms with van der Waals surface area (Å²) in [6.45, 7) is 0.730. The zero-order valence-electron chi connectivity index (χ0n) is 15.2. The van der Waals surface area contributed by atoms with Crippen LogP contribution in [0.1, 0.15) is 5.56 Å². The van der Waals surface area contributed by atoms with Crippen molar-refractivity contribution in [1.29, 1.82) is 0 Å². The van der Waals surface area contributed by atoms with Crippen LogP contribution in [0.5, 0.6) is 5.75 Å². The van der Waals surface area contributed by atoms with Crippen LogP contribution in [0.15, 0.2) is 74.8 Å². The van der Waals surface area contributed by atoms with Gasteiger partial charge in [-0.1, -0.05) is 18.2 Å². The SMILES string of the molecule is NS(=O)(=O)c1ccc(N2COc3ccc4c(oc(=O)c5ccccc54)c3C2)cc1. The van der Waals surface area contributed by atoms with Gasteiger partial charge in [-0.3, -0.25) is 0 Å². The third-order valence-corrected chi connectivity index (χ3v) is 6.03. The van der Waals surface area contributed by atoms with Gasteiger partial charge in [0.25, 0.3) is 0 Å². The fourth-order valence-corrected chi connectivity index (χ4v) is 4.18. The van der Waals surface area contributed by atoms with E-state index >= 15 is 0 Å². The van der Waals surface area contributed by atoms with Gasteiger partial charge in [0.15, 0.2) is 6.73 Å². The minimum Gasteiger partial charge on any atom is -0.473 e. The predicted octanol–water partition coefficient (Wildman–Crippen LogP) is 2.95. The predicted molar refractivity (Wildman–Crippen MR) is 109 cm³/mol. The molecule has 0 saturated heterocycles. The number of nitrogens with zero attached hydrogens (tertiary/aromatic N) is 1. The number of ether oxygens (including phenoxy) is 1. The fraction of sp³-hybridized carbons (Fsp3) is 0.0952. The van der Waals surface area contributed by atoms with E-state index in [9.17, 15) is 13.2 Å². The quantitative estimate of drug-likeness (QED) is 0.404. The van der Waals surface area contributed by atoms with Crippen molar-refractivity contribution in [2.45, 2.75) is 11.4 Å². The lowest BCUT2D eigenvalue weighted by Gasteiger charge is -2.31. The summed E-state index contributed by atoms with van der Waals surface area (Å²) in [4.78, 5) is 14.4. The number of fused-ring (bicyclic) bond motifs is 5. The van der Waals surface area contributed by atoms with Crippen molar-refractivity contribution in [2.24, 2.45) is 5.14 Å². The molecule has 1 aromatic heterocycles. The van der Waals surface area contributed by atoms with Crippen LogP contribution >= 0.6 is 0 Å². The van der Waals surface area contributed by atoms with E-state index in [0.717, 1.165) is 22.0 Å². The van der Waals surface area contributed by atoms with E-state index in [0.29, 0.717) is 23.3 Å². The second-order valence-electron chi connectivity index (χ2n) is 6.86. The van der Waals surface area contributed by atoms with Crippen molar-refractivity contribution in [3.05, 3.63) is 76.6 Å². The second-order valence-corrected chi connectivity index (χ2v) is 8.43. The molecule has 1 aliphatic heterocycles. The molecule has 0 amide bonds. The first-order chi connectivity index (χ1) is 13.9. The molecule has 5 rings (SSSR count). The standard InChI is InChI=1S/C21H16N2O5S/c22-29(25,26)14-7-5-13(6-8-14)23-11-18-19(27-12-23)10-9-16-15-3-1-2-4-17(15)21(24)28-20(16)18/h1-10H,11-12H2,(H2,22,25,26). The monoisotopic (exact) mass is 408 g/mol. The molecule has 8 heteroatoms. The van der Waals surface area contributed by atoms with Gasteiger partial charge in [0.05, 0.1) is 22.4 Å². The van der Waals surface area contributed by atoms with E-state index in [1.165, 1.54) is 12.1 Å². The number of hydrogen-bond donors (Lipinski definition) is 1. The lowest BCUT2D eigenvalue weighted by molar-refractivity contribution is 0.289. The molecule has 2 heterocycles. The highest BCUT2D eigenvalue weighted by molar-refractivity contribution is 7.89. The average Bonchev–Trinajstić information content (AvgIpc) is 2.73. The van der Waals surface area contributed by atoms with E-state index in [1.54, 1.807) is 24.3 Å². The van der Waals surface area contributed by atoms with Crippen molar-refractivity contribution in [1.82, 2.24) is 0 Å². The first kappa shape index (κ1) is 17.7. The summed E-state index contributed by atoms with van der Waals surface area (Å²) in [6.07, 6.45) is 0. The zero-order valence-corrected chi connectivity index (χ0v) is 16.0. The van der Waals surface area contributed by atoms with Gasteiger partial charge in [0.2, 0.25) is 10.0 Å². The van der Waals surface area contributed by atoms with E-state index in [-0.39, 0.29) is 11.6 Å². The molecule has 0 unspecified atom stereocenters. The van der Waals surface area contributed by atoms with Crippen LogP contribution in [0, 0.1) is 0 Å². The Kier molecular flexibility index (Phi) is 3.87. The van der Waals surface area contributed by atoms with Crippen molar-refractivity contribution < 1.29 is 17.6 Å². The molecule has 0 aliphatic carbocycles. The number of rotatable bonds is 2. The highest BCUT2D eigenvalue weighted by Crippen LogP contribution is 2.36. The van der Waals surface area contributed by atoms with Gasteiger partial charge in [-0.15, -0.1) is 0 Å². The van der Waals surface area contributed by atoms with Crippen LogP contribution in [-0.2, 0) is 16.6 Å². The number of anilines is 1. The molecule has 29 heavy (non-hydrogen) atoms. The average molecular weight is 408 g/mol. The zero-order chi connectivity index (χ0) is 20.2. The number of sulfonamides is 1. The van der Waals surface area contributed by atoms with Crippen LogP contribution in [0.3, 0.4) is 0 Å². The molecule has 1 aliphatic rings. The molecule has 2 N–H and O–H groups in total. The van der Waals surface area contributed by atoms with Crippen molar-refractivity contribution >= 4 is 37.5 Å². The maximum atomic E-state index is 12.5. The van der Waals surface area contributed by atoms with Gasteiger partial charge in [0, 0.05) is 11.1 Å². The number of nitrogens with two attached hydrogens (primary N) is 1. The molecular formula is C21H16N2O5S. The Bertz CT molecular complexity index is 1430. The van der Waals surface area contributed by atoms with E-state index < -0.39 is 15.6 Å². The summed E-state index contributed by atoms with van der Waals surface area (Å²) in [5.74, 6) is 0.660. The van der Waals surface area contributed by atoms with Gasteiger partial charge in [-0.05, 0) is 47.9 Å². The lowest BCUT2D eigenvalue weighted by atomic mass is 10.0. The van der Waals surface area contributed by atoms with Gasteiger partial charge in [-0.2, -0.15) is 0 Å². The highest BCUT2D eigenvalue weighted by Gasteiger charge is 2.23. The van der Waals surface area contributed by atoms with E-state index in [2.05, 4.69) is 0 Å². The number of benzene rings is 3. The van der Waals surface area contributed by atoms with Gasteiger partial charge in [-0.25, -0.2) is 18.4 Å². The smallest absolute Gasteiger partial charge is 0.344 e. The van der Waals surface area contributed by atoms with Gasteiger partial charge < -0.3 is 14.1 Å². The Hall–Kier alpha value is -3.36. The van der Waals surface area contributed by atoms with Gasteiger partial charge in [0.1, 0.15) is 11.3 Å². The fourth-order valence-electron chi connectivity index (χ4n) is 3.66. The first-order valence-corrected chi connectivity index (χ1v) is 10.4. The molecule has 7 nitrogen and oxygen atoms in total. The molecule has 3 aromatic carbocycles. The Morgan fingerprint density at radius 1 is 0.897 bits per heavy atom. The van der Waals surface area contributed by atoms with Crippen LogP contribution in [-0.4, -0.2) is 15.1 Å². The third-order valence-electron chi connectivity index (χ3n) is 5.10. The summed E-state index contributed by atoms with van der Waals surface area (Å²) in [5, 5.41) is 7.37. The second kappa shape index (κ2) is 6.33. The normalized spacial score (nSPS) is 14.0. The molecule has 0 spiro atoms. The first-order valence-electron chi connectivity index (χ1n) is 8.90. The Morgan fingerprint density at radius 2 is 1.62 bits per heavy atom. The number of hydrogen-bond acceptors (Lipinski definition) is 6. The largest absolute Gasteiger partial charge is 0.473 e. The van der Waals surface area contributed by atoms with Crippen molar-refractivity contribution in [3.8, 4) is 5.75 Å². The molecule has 0 fully saturated rings. The van der Waals surface area contributed by atoms with E-state index in [4.69, 9.17) is 14.3 Å². The number of primary sulfonamides is 1. The summed E-state index contributed by atoms with van der Waals surface area (Å²) in [6, 6.07) is 17.4. The van der Waals surface area contributed by atoms with Crippen LogP contribution < -0.4 is 20.4 Å². The lowest BCUT2D eigenvalue weighted by Crippen LogP contribution is -2.32. The minimum atomic E-state index is -3.75. The van der Waals surface area contributed by atoms with Crippen molar-refractivity contribution in [2.75, 3.05) is 11.6 Å². The molecule has 0 bridgehead atoms. The summed E-state index contributed by atoms with van der Waals surface area (Å²) < 4.78 is 34.5. The summed E-state index contributed by atoms with van der Waals surface area (Å²) in [7, 11) is -3.75. The Labute approximate surface area is 166 Å². The molecule has 146 valence electrons. The van der Waals surface area contributed by atoms with Crippen LogP contribution in [0.4, 0.5) is 5.69 Å². The Balaban J connectivity index is 1.61. The Morgan fingerprint density at radius 3 is 2.34 bits per heavy atom. The van der Waals surface area contributed by atoms with E-state index in [1.807, 2.05) is 29.2 Å². The maximum absolute atomic E-state index is 12.5. The highest BCUT2D eigenvalue weighted by atomic mass is 32.2. The summed E-state index contributed by atoms with van der Waals surface area (Å²) >= 11 is 0. The van der Waals surface area contributed by atoms with Crippen molar-refractivity contribution in [3.63, 3.8) is 0 Å². The molecule has 0 atom stereocenters. The maximum Gasteiger partial charge on any atom is 0.344 e.